The fourth-order valence-electron chi connectivity index (χ4n) is 1.95. The van der Waals surface area contributed by atoms with E-state index in [9.17, 15) is 0 Å². The molecule has 2 rings (SSSR count). The maximum absolute atomic E-state index is 3.63. The third-order valence-electron chi connectivity index (χ3n) is 3.75. The van der Waals surface area contributed by atoms with Gasteiger partial charge in [-0.25, -0.2) is 0 Å². The normalized spacial score (nSPS) is 19.6. The van der Waals surface area contributed by atoms with Crippen molar-refractivity contribution in [3.63, 3.8) is 0 Å². The van der Waals surface area contributed by atoms with Crippen LogP contribution in [0, 0.1) is 11.8 Å². The van der Waals surface area contributed by atoms with Crippen molar-refractivity contribution in [2.75, 3.05) is 6.54 Å². The largest absolute Gasteiger partial charge is 0.314 e. The molecule has 0 radical (unpaired) electrons. The zero-order chi connectivity index (χ0) is 11.4. The Morgan fingerprint density at radius 3 is 2.81 bits per heavy atom. The zero-order valence-corrected chi connectivity index (χ0v) is 11.2. The lowest BCUT2D eigenvalue weighted by Gasteiger charge is -2.20. The Labute approximate surface area is 103 Å². The molecule has 1 nitrogen and oxygen atoms in total. The van der Waals surface area contributed by atoms with Gasteiger partial charge in [-0.15, -0.1) is 0 Å². The van der Waals surface area contributed by atoms with Crippen LogP contribution in [0.4, 0.5) is 0 Å². The maximum atomic E-state index is 3.63. The van der Waals surface area contributed by atoms with Crippen molar-refractivity contribution >= 4 is 11.3 Å². The summed E-state index contributed by atoms with van der Waals surface area (Å²) in [6.45, 7) is 5.98. The monoisotopic (exact) mass is 237 g/mol. The minimum atomic E-state index is 0.805. The second-order valence-corrected chi connectivity index (χ2v) is 6.09. The van der Waals surface area contributed by atoms with Gasteiger partial charge >= 0.3 is 0 Å². The van der Waals surface area contributed by atoms with Gasteiger partial charge in [0.15, 0.2) is 0 Å². The van der Waals surface area contributed by atoms with Crippen LogP contribution in [0.5, 0.6) is 0 Å². The predicted molar refractivity (Wildman–Crippen MR) is 72.0 cm³/mol. The summed E-state index contributed by atoms with van der Waals surface area (Å²) < 4.78 is 0. The van der Waals surface area contributed by atoms with E-state index in [1.165, 1.54) is 37.8 Å². The van der Waals surface area contributed by atoms with Crippen LogP contribution in [0.2, 0.25) is 0 Å². The zero-order valence-electron chi connectivity index (χ0n) is 10.4. The van der Waals surface area contributed by atoms with E-state index in [4.69, 9.17) is 0 Å². The molecule has 90 valence electrons. The molecule has 1 aromatic rings. The lowest BCUT2D eigenvalue weighted by atomic mass is 9.90. The van der Waals surface area contributed by atoms with Crippen LogP contribution < -0.4 is 5.32 Å². The Hall–Kier alpha value is -0.340. The molecule has 0 bridgehead atoms. The van der Waals surface area contributed by atoms with Crippen LogP contribution in [0.1, 0.15) is 38.7 Å². The molecule has 1 N–H and O–H groups in total. The number of hydrogen-bond donors (Lipinski definition) is 1. The quantitative estimate of drug-likeness (QED) is 0.762. The topological polar surface area (TPSA) is 12.0 Å². The van der Waals surface area contributed by atoms with Crippen molar-refractivity contribution < 1.29 is 0 Å². The van der Waals surface area contributed by atoms with E-state index in [0.717, 1.165) is 17.9 Å². The standard InChI is InChI=1S/C14H23NS/c1-11(3-4-13-7-8-16-10-13)12(2)9-15-14-5-6-14/h7-8,10-12,14-15H,3-6,9H2,1-2H3. The molecule has 2 heteroatoms. The van der Waals surface area contributed by atoms with Gasteiger partial charge in [0.05, 0.1) is 0 Å². The average Bonchev–Trinajstić information content (AvgIpc) is 2.97. The van der Waals surface area contributed by atoms with Crippen molar-refractivity contribution in [3.05, 3.63) is 22.4 Å². The van der Waals surface area contributed by atoms with Gasteiger partial charge in [-0.05, 0) is 66.5 Å². The summed E-state index contributed by atoms with van der Waals surface area (Å²) in [5.74, 6) is 1.63. The molecule has 16 heavy (non-hydrogen) atoms. The fraction of sp³-hybridized carbons (Fsp3) is 0.714. The number of thiophene rings is 1. The summed E-state index contributed by atoms with van der Waals surface area (Å²) in [6.07, 6.45) is 5.37. The number of hydrogen-bond acceptors (Lipinski definition) is 2. The van der Waals surface area contributed by atoms with Crippen LogP contribution in [-0.4, -0.2) is 12.6 Å². The van der Waals surface area contributed by atoms with Crippen LogP contribution >= 0.6 is 11.3 Å². The van der Waals surface area contributed by atoms with E-state index in [2.05, 4.69) is 36.0 Å². The van der Waals surface area contributed by atoms with Crippen LogP contribution in [0.3, 0.4) is 0 Å². The van der Waals surface area contributed by atoms with Gasteiger partial charge in [-0.2, -0.15) is 11.3 Å². The van der Waals surface area contributed by atoms with Gasteiger partial charge in [0.25, 0.3) is 0 Å². The number of rotatable bonds is 7. The molecule has 1 fully saturated rings. The molecule has 0 amide bonds. The third-order valence-corrected chi connectivity index (χ3v) is 4.48. The first kappa shape index (κ1) is 12.1. The highest BCUT2D eigenvalue weighted by Crippen LogP contribution is 2.22. The molecule has 0 spiro atoms. The van der Waals surface area contributed by atoms with Gasteiger partial charge < -0.3 is 5.32 Å². The minimum absolute atomic E-state index is 0.805. The van der Waals surface area contributed by atoms with Gasteiger partial charge in [0.2, 0.25) is 0 Å². The van der Waals surface area contributed by atoms with E-state index < -0.39 is 0 Å². The highest BCUT2D eigenvalue weighted by Gasteiger charge is 2.22. The minimum Gasteiger partial charge on any atom is -0.314 e. The lowest BCUT2D eigenvalue weighted by Crippen LogP contribution is -2.27. The fourth-order valence-corrected chi connectivity index (χ4v) is 2.66. The summed E-state index contributed by atoms with van der Waals surface area (Å²) in [7, 11) is 0. The lowest BCUT2D eigenvalue weighted by molar-refractivity contribution is 0.347. The van der Waals surface area contributed by atoms with Crippen molar-refractivity contribution in [1.29, 1.82) is 0 Å². The molecule has 0 aromatic carbocycles. The molecule has 2 atom stereocenters. The van der Waals surface area contributed by atoms with E-state index in [-0.39, 0.29) is 0 Å². The summed E-state index contributed by atoms with van der Waals surface area (Å²) in [4.78, 5) is 0. The predicted octanol–water partition coefficient (Wildman–Crippen LogP) is 3.70. The Morgan fingerprint density at radius 2 is 2.19 bits per heavy atom. The van der Waals surface area contributed by atoms with Gasteiger partial charge in [-0.1, -0.05) is 13.8 Å². The Kier molecular flexibility index (Phi) is 4.42. The van der Waals surface area contributed by atoms with E-state index >= 15 is 0 Å². The Morgan fingerprint density at radius 1 is 1.38 bits per heavy atom. The first-order chi connectivity index (χ1) is 7.75. The molecule has 1 aromatic heterocycles. The smallest absolute Gasteiger partial charge is 0.00683 e. The first-order valence-corrected chi connectivity index (χ1v) is 7.44. The average molecular weight is 237 g/mol. The van der Waals surface area contributed by atoms with Crippen molar-refractivity contribution in [3.8, 4) is 0 Å². The number of nitrogens with one attached hydrogen (secondary N) is 1. The highest BCUT2D eigenvalue weighted by molar-refractivity contribution is 7.07. The third kappa shape index (κ3) is 3.91. The molecular weight excluding hydrogens is 214 g/mol. The van der Waals surface area contributed by atoms with Gasteiger partial charge in [0.1, 0.15) is 0 Å². The SMILES string of the molecule is CC(CCc1ccsc1)C(C)CNC1CC1. The molecule has 1 saturated carbocycles. The van der Waals surface area contributed by atoms with Gasteiger partial charge in [-0.3, -0.25) is 0 Å². The Bertz CT molecular complexity index is 290. The summed E-state index contributed by atoms with van der Waals surface area (Å²) in [5.41, 5.74) is 1.51. The molecule has 1 heterocycles. The van der Waals surface area contributed by atoms with Crippen LogP contribution in [-0.2, 0) is 6.42 Å². The summed E-state index contributed by atoms with van der Waals surface area (Å²) in [6, 6.07) is 3.11. The van der Waals surface area contributed by atoms with Crippen LogP contribution in [0.25, 0.3) is 0 Å². The molecule has 0 aliphatic heterocycles. The maximum Gasteiger partial charge on any atom is 0.00683 e. The Balaban J connectivity index is 1.63. The van der Waals surface area contributed by atoms with E-state index in [1.807, 2.05) is 11.3 Å². The van der Waals surface area contributed by atoms with Crippen molar-refractivity contribution in [2.24, 2.45) is 11.8 Å². The van der Waals surface area contributed by atoms with Crippen LogP contribution in [0.15, 0.2) is 16.8 Å². The molecule has 0 saturated heterocycles. The number of aryl methyl sites for hydroxylation is 1. The summed E-state index contributed by atoms with van der Waals surface area (Å²) >= 11 is 1.81. The molecule has 2 unspecified atom stereocenters. The first-order valence-electron chi connectivity index (χ1n) is 6.50. The molecule has 1 aliphatic carbocycles. The van der Waals surface area contributed by atoms with E-state index in [0.29, 0.717) is 0 Å². The molecule has 1 aliphatic rings. The van der Waals surface area contributed by atoms with E-state index in [1.54, 1.807) is 0 Å². The van der Waals surface area contributed by atoms with Crippen molar-refractivity contribution in [2.45, 2.75) is 45.6 Å². The second kappa shape index (κ2) is 5.83. The van der Waals surface area contributed by atoms with Crippen molar-refractivity contribution in [1.82, 2.24) is 5.32 Å². The van der Waals surface area contributed by atoms with Gasteiger partial charge in [0, 0.05) is 6.04 Å². The molecular formula is C14H23NS. The highest BCUT2D eigenvalue weighted by atomic mass is 32.1. The summed E-state index contributed by atoms with van der Waals surface area (Å²) in [5, 5.41) is 8.09. The second-order valence-electron chi connectivity index (χ2n) is 5.31.